The van der Waals surface area contributed by atoms with Gasteiger partial charge in [0, 0.05) is 28.5 Å². The number of hydrogen-bond acceptors (Lipinski definition) is 6. The Balaban J connectivity index is 0.000000335. The highest BCUT2D eigenvalue weighted by molar-refractivity contribution is 8.00. The number of halogens is 1. The van der Waals surface area contributed by atoms with Gasteiger partial charge in [-0.2, -0.15) is 0 Å². The molecule has 0 spiro atoms. The number of rotatable bonds is 5. The first-order valence-electron chi connectivity index (χ1n) is 9.73. The van der Waals surface area contributed by atoms with Crippen molar-refractivity contribution in [3.05, 3.63) is 22.7 Å². The van der Waals surface area contributed by atoms with Crippen LogP contribution in [0.5, 0.6) is 0 Å². The van der Waals surface area contributed by atoms with Gasteiger partial charge in [-0.1, -0.05) is 18.0 Å². The highest BCUT2D eigenvalue weighted by Crippen LogP contribution is 2.33. The van der Waals surface area contributed by atoms with E-state index >= 15 is 0 Å². The van der Waals surface area contributed by atoms with Crippen LogP contribution in [0.2, 0.25) is 5.02 Å². The van der Waals surface area contributed by atoms with Crippen LogP contribution in [0, 0.1) is 6.92 Å². The third kappa shape index (κ3) is 6.50. The summed E-state index contributed by atoms with van der Waals surface area (Å²) in [5.74, 6) is -1.39. The van der Waals surface area contributed by atoms with E-state index in [1.165, 1.54) is 31.4 Å². The molecule has 3 N–H and O–H groups in total. The molecule has 1 aromatic carbocycles. The van der Waals surface area contributed by atoms with Gasteiger partial charge in [0.25, 0.3) is 10.0 Å². The van der Waals surface area contributed by atoms with Gasteiger partial charge < -0.3 is 15.7 Å². The first-order valence-corrected chi connectivity index (χ1v) is 12.5. The van der Waals surface area contributed by atoms with E-state index in [1.807, 2.05) is 0 Å². The lowest BCUT2D eigenvalue weighted by Gasteiger charge is -2.25. The van der Waals surface area contributed by atoms with Crippen molar-refractivity contribution in [3.8, 4) is 0 Å². The molecule has 2 unspecified atom stereocenters. The molecule has 0 saturated carbocycles. The number of carboxylic acid groups (broad SMARTS) is 1. The van der Waals surface area contributed by atoms with Crippen molar-refractivity contribution in [2.75, 3.05) is 18.8 Å². The second-order valence-electron chi connectivity index (χ2n) is 7.44. The Bertz CT molecular complexity index is 886. The van der Waals surface area contributed by atoms with Crippen LogP contribution in [0.15, 0.2) is 21.9 Å². The number of sulfonamides is 1. The Kier molecular flexibility index (Phi) is 8.84. The minimum absolute atomic E-state index is 0.0336. The number of carboxylic acids is 1. The van der Waals surface area contributed by atoms with Gasteiger partial charge in [0.2, 0.25) is 0 Å². The maximum absolute atomic E-state index is 12.6. The zero-order valence-corrected chi connectivity index (χ0v) is 19.7. The van der Waals surface area contributed by atoms with Crippen LogP contribution >= 0.6 is 23.4 Å². The summed E-state index contributed by atoms with van der Waals surface area (Å²) in [6, 6.07) is 3.60. The third-order valence-electron chi connectivity index (χ3n) is 4.81. The fourth-order valence-corrected chi connectivity index (χ4v) is 6.17. The summed E-state index contributed by atoms with van der Waals surface area (Å²) in [6.07, 6.45) is 4.14. The van der Waals surface area contributed by atoms with E-state index in [-0.39, 0.29) is 28.6 Å². The lowest BCUT2D eigenvalue weighted by molar-refractivity contribution is -0.133. The first kappa shape index (κ1) is 24.8. The monoisotopic (exact) mass is 477 g/mol. The summed E-state index contributed by atoms with van der Waals surface area (Å²) in [5.41, 5.74) is 0.527. The van der Waals surface area contributed by atoms with Crippen molar-refractivity contribution in [2.24, 2.45) is 0 Å². The SMILES string of the molecule is CC1CCCC(C)N1.Cc1cc(S(=O)(=O)N2CCNC2=O)c(SCC(=O)O)cc1Cl. The Morgan fingerprint density at radius 2 is 1.93 bits per heavy atom. The number of benzene rings is 1. The maximum Gasteiger partial charge on any atom is 0.331 e. The molecular weight excluding hydrogens is 450 g/mol. The van der Waals surface area contributed by atoms with E-state index in [9.17, 15) is 18.0 Å². The highest BCUT2D eigenvalue weighted by atomic mass is 35.5. The zero-order chi connectivity index (χ0) is 22.5. The van der Waals surface area contributed by atoms with Gasteiger partial charge in [-0.25, -0.2) is 17.5 Å². The number of carbonyl (C=O) groups excluding carboxylic acids is 1. The summed E-state index contributed by atoms with van der Waals surface area (Å²) in [6.45, 7) is 6.43. The molecule has 2 aliphatic rings. The fraction of sp³-hybridized carbons (Fsp3) is 0.579. The van der Waals surface area contributed by atoms with E-state index < -0.39 is 22.0 Å². The van der Waals surface area contributed by atoms with E-state index in [4.69, 9.17) is 16.7 Å². The van der Waals surface area contributed by atoms with Crippen molar-refractivity contribution in [3.63, 3.8) is 0 Å². The molecule has 0 bridgehead atoms. The third-order valence-corrected chi connectivity index (χ3v) is 8.20. The lowest BCUT2D eigenvalue weighted by Crippen LogP contribution is -2.38. The summed E-state index contributed by atoms with van der Waals surface area (Å²) >= 11 is 6.83. The predicted molar refractivity (Wildman–Crippen MR) is 118 cm³/mol. The number of nitrogens with one attached hydrogen (secondary N) is 2. The minimum Gasteiger partial charge on any atom is -0.481 e. The Labute approximate surface area is 186 Å². The number of piperidine rings is 1. The number of nitrogens with zero attached hydrogens (tertiary/aromatic N) is 1. The molecule has 2 atom stereocenters. The average molecular weight is 478 g/mol. The fourth-order valence-electron chi connectivity index (χ4n) is 3.28. The topological polar surface area (TPSA) is 116 Å². The molecule has 1 aromatic rings. The van der Waals surface area contributed by atoms with Crippen molar-refractivity contribution in [1.29, 1.82) is 0 Å². The van der Waals surface area contributed by atoms with Crippen LogP contribution < -0.4 is 10.6 Å². The Morgan fingerprint density at radius 3 is 2.40 bits per heavy atom. The Hall–Kier alpha value is -1.49. The van der Waals surface area contributed by atoms with Crippen molar-refractivity contribution >= 4 is 45.4 Å². The molecule has 2 fully saturated rings. The zero-order valence-electron chi connectivity index (χ0n) is 17.3. The van der Waals surface area contributed by atoms with E-state index in [2.05, 4.69) is 24.5 Å². The molecule has 0 aliphatic carbocycles. The molecule has 2 aliphatic heterocycles. The molecule has 3 rings (SSSR count). The molecule has 8 nitrogen and oxygen atoms in total. The van der Waals surface area contributed by atoms with E-state index in [0.717, 1.165) is 28.2 Å². The Morgan fingerprint density at radius 1 is 1.30 bits per heavy atom. The van der Waals surface area contributed by atoms with Crippen molar-refractivity contribution < 1.29 is 23.1 Å². The van der Waals surface area contributed by atoms with Crippen LogP contribution in [0.3, 0.4) is 0 Å². The van der Waals surface area contributed by atoms with Gasteiger partial charge in [-0.05, 0) is 51.3 Å². The molecular formula is C19H28ClN3O5S2. The molecule has 2 saturated heterocycles. The smallest absolute Gasteiger partial charge is 0.331 e. The molecule has 0 aromatic heterocycles. The number of thioether (sulfide) groups is 1. The second kappa shape index (κ2) is 10.7. The first-order chi connectivity index (χ1) is 14.0. The standard InChI is InChI=1S/C12H13ClN2O5S2.C7H15N/c1-7-4-10(9(5-8(7)13)21-6-11(16)17)22(19,20)15-3-2-14-12(15)18;1-6-4-3-5-7(2)8-6/h4-5H,2-3,6H2,1H3,(H,14,18)(H,16,17);6-8H,3-5H2,1-2H3. The van der Waals surface area contributed by atoms with Gasteiger partial charge >= 0.3 is 12.0 Å². The van der Waals surface area contributed by atoms with Gasteiger partial charge in [0.1, 0.15) is 4.90 Å². The van der Waals surface area contributed by atoms with Gasteiger partial charge in [0.15, 0.2) is 0 Å². The minimum atomic E-state index is -4.06. The summed E-state index contributed by atoms with van der Waals surface area (Å²) in [4.78, 5) is 22.4. The van der Waals surface area contributed by atoms with Gasteiger partial charge in [0.05, 0.1) is 12.3 Å². The number of aryl methyl sites for hydroxylation is 1. The molecule has 2 amide bonds. The van der Waals surface area contributed by atoms with E-state index in [1.54, 1.807) is 6.92 Å². The number of carbonyl (C=O) groups is 2. The normalized spacial score (nSPS) is 21.6. The van der Waals surface area contributed by atoms with Crippen LogP contribution in [0.4, 0.5) is 4.79 Å². The molecule has 2 heterocycles. The second-order valence-corrected chi connectivity index (χ2v) is 10.7. The lowest BCUT2D eigenvalue weighted by atomic mass is 10.0. The van der Waals surface area contributed by atoms with Crippen LogP contribution in [0.1, 0.15) is 38.7 Å². The quantitative estimate of drug-likeness (QED) is 0.558. The maximum atomic E-state index is 12.6. The average Bonchev–Trinajstić information content (AvgIpc) is 3.09. The summed E-state index contributed by atoms with van der Waals surface area (Å²) in [7, 11) is -4.06. The van der Waals surface area contributed by atoms with Crippen molar-refractivity contribution in [1.82, 2.24) is 14.9 Å². The number of urea groups is 1. The largest absolute Gasteiger partial charge is 0.481 e. The van der Waals surface area contributed by atoms with Crippen LogP contribution in [-0.2, 0) is 14.8 Å². The predicted octanol–water partition coefficient (Wildman–Crippen LogP) is 3.08. The van der Waals surface area contributed by atoms with Crippen molar-refractivity contribution in [2.45, 2.75) is 61.9 Å². The molecule has 168 valence electrons. The molecule has 0 radical (unpaired) electrons. The molecule has 11 heteroatoms. The number of aliphatic carboxylic acids is 1. The highest BCUT2D eigenvalue weighted by Gasteiger charge is 2.35. The number of amides is 2. The van der Waals surface area contributed by atoms with Gasteiger partial charge in [-0.3, -0.25) is 4.79 Å². The summed E-state index contributed by atoms with van der Waals surface area (Å²) < 4.78 is 26.0. The summed E-state index contributed by atoms with van der Waals surface area (Å²) in [5, 5.41) is 15.0. The van der Waals surface area contributed by atoms with Gasteiger partial charge in [-0.15, -0.1) is 11.8 Å². The van der Waals surface area contributed by atoms with Crippen LogP contribution in [0.25, 0.3) is 0 Å². The van der Waals surface area contributed by atoms with Crippen LogP contribution in [-0.4, -0.2) is 60.8 Å². The van der Waals surface area contributed by atoms with E-state index in [0.29, 0.717) is 10.6 Å². The number of hydrogen-bond donors (Lipinski definition) is 3. The molecule has 30 heavy (non-hydrogen) atoms.